The monoisotopic (exact) mass is 432 g/mol. The molecule has 6 nitrogen and oxygen atoms in total. The fraction of sp³-hybridized carbons (Fsp3) is 0.500. The highest BCUT2D eigenvalue weighted by atomic mass is 79.9. The summed E-state index contributed by atoms with van der Waals surface area (Å²) in [6.07, 6.45) is 2.69. The number of nitrogens with one attached hydrogen (secondary N) is 1. The molecule has 1 aromatic carbocycles. The highest BCUT2D eigenvalue weighted by Gasteiger charge is 2.32. The Kier molecular flexibility index (Phi) is 4.99. The number of H-pyrrole nitrogens is 1. The number of piperazine rings is 1. The highest BCUT2D eigenvalue weighted by Crippen LogP contribution is 2.37. The number of primary amides is 1. The second kappa shape index (κ2) is 7.28. The van der Waals surface area contributed by atoms with Crippen LogP contribution in [-0.4, -0.2) is 59.8 Å². The molecule has 0 spiro atoms. The number of aryl methyl sites for hydroxylation is 1. The van der Waals surface area contributed by atoms with E-state index in [2.05, 4.69) is 32.9 Å². The topological polar surface area (TPSA) is 82.4 Å². The lowest BCUT2D eigenvalue weighted by Gasteiger charge is -2.35. The van der Waals surface area contributed by atoms with Gasteiger partial charge in [0, 0.05) is 47.6 Å². The molecule has 2 amide bonds. The zero-order valence-corrected chi connectivity index (χ0v) is 17.1. The molecule has 1 fully saturated rings. The Labute approximate surface area is 167 Å². The molecule has 1 atom stereocenters. The van der Waals surface area contributed by atoms with E-state index in [4.69, 9.17) is 5.73 Å². The molecule has 7 heteroatoms. The molecule has 27 heavy (non-hydrogen) atoms. The average molecular weight is 433 g/mol. The third kappa shape index (κ3) is 3.50. The first-order valence-electron chi connectivity index (χ1n) is 9.50. The lowest BCUT2D eigenvalue weighted by atomic mass is 9.85. The van der Waals surface area contributed by atoms with Crippen LogP contribution in [0.5, 0.6) is 0 Å². The fourth-order valence-electron chi connectivity index (χ4n) is 4.38. The van der Waals surface area contributed by atoms with Crippen molar-refractivity contribution < 1.29 is 9.59 Å². The third-order valence-corrected chi connectivity index (χ3v) is 6.57. The first-order valence-corrected chi connectivity index (χ1v) is 10.3. The molecule has 2 aromatic rings. The van der Waals surface area contributed by atoms with Crippen LogP contribution in [0, 0.1) is 5.92 Å². The van der Waals surface area contributed by atoms with E-state index in [1.807, 2.05) is 17.0 Å². The second-order valence-corrected chi connectivity index (χ2v) is 8.60. The third-order valence-electron chi connectivity index (χ3n) is 5.90. The lowest BCUT2D eigenvalue weighted by Crippen LogP contribution is -2.49. The molecule has 1 saturated heterocycles. The van der Waals surface area contributed by atoms with E-state index in [-0.39, 0.29) is 24.2 Å². The zero-order valence-electron chi connectivity index (χ0n) is 15.6. The Bertz CT molecular complexity index is 899. The molecular weight excluding hydrogens is 408 g/mol. The van der Waals surface area contributed by atoms with Crippen LogP contribution in [0.15, 0.2) is 16.6 Å². The largest absolute Gasteiger partial charge is 0.369 e. The second-order valence-electron chi connectivity index (χ2n) is 7.75. The van der Waals surface area contributed by atoms with Crippen LogP contribution in [-0.2, 0) is 28.9 Å². The van der Waals surface area contributed by atoms with Gasteiger partial charge < -0.3 is 20.5 Å². The summed E-state index contributed by atoms with van der Waals surface area (Å²) in [6, 6.07) is 3.92. The van der Waals surface area contributed by atoms with Crippen molar-refractivity contribution in [1.82, 2.24) is 14.8 Å². The first kappa shape index (κ1) is 18.5. The number of likely N-dealkylation sites (N-methyl/N-ethyl adjacent to an activating group) is 1. The SMILES string of the molecule is CN1CCN(C(=O)C2CCc3c([nH]c4c(CC(N)=O)ccc(Br)c34)C2)CC1. The van der Waals surface area contributed by atoms with Gasteiger partial charge in [-0.25, -0.2) is 0 Å². The Balaban J connectivity index is 1.61. The van der Waals surface area contributed by atoms with Gasteiger partial charge in [0.25, 0.3) is 0 Å². The van der Waals surface area contributed by atoms with Crippen molar-refractivity contribution >= 4 is 38.6 Å². The van der Waals surface area contributed by atoms with Gasteiger partial charge in [-0.15, -0.1) is 0 Å². The van der Waals surface area contributed by atoms with E-state index in [1.54, 1.807) is 0 Å². The normalized spacial score (nSPS) is 20.7. The van der Waals surface area contributed by atoms with Crippen LogP contribution in [0.4, 0.5) is 0 Å². The minimum atomic E-state index is -0.339. The Morgan fingerprint density at radius 2 is 2.00 bits per heavy atom. The lowest BCUT2D eigenvalue weighted by molar-refractivity contribution is -0.137. The van der Waals surface area contributed by atoms with Crippen LogP contribution in [0.1, 0.15) is 23.2 Å². The number of rotatable bonds is 3. The molecule has 1 aliphatic carbocycles. The Hall–Kier alpha value is -1.86. The number of hydrogen-bond acceptors (Lipinski definition) is 3. The maximum Gasteiger partial charge on any atom is 0.226 e. The first-order chi connectivity index (χ1) is 12.9. The van der Waals surface area contributed by atoms with Gasteiger partial charge in [0.2, 0.25) is 11.8 Å². The number of carbonyl (C=O) groups excluding carboxylic acids is 2. The summed E-state index contributed by atoms with van der Waals surface area (Å²) >= 11 is 3.65. The van der Waals surface area contributed by atoms with E-state index < -0.39 is 0 Å². The quantitative estimate of drug-likeness (QED) is 0.775. The smallest absolute Gasteiger partial charge is 0.226 e. The zero-order chi connectivity index (χ0) is 19.1. The number of carbonyl (C=O) groups is 2. The summed E-state index contributed by atoms with van der Waals surface area (Å²) < 4.78 is 1.02. The molecule has 2 heterocycles. The van der Waals surface area contributed by atoms with Crippen molar-refractivity contribution in [3.8, 4) is 0 Å². The van der Waals surface area contributed by atoms with E-state index in [0.29, 0.717) is 0 Å². The molecule has 1 aromatic heterocycles. The number of amides is 2. The van der Waals surface area contributed by atoms with Crippen molar-refractivity contribution in [2.45, 2.75) is 25.7 Å². The van der Waals surface area contributed by atoms with Gasteiger partial charge in [-0.2, -0.15) is 0 Å². The summed E-state index contributed by atoms with van der Waals surface area (Å²) in [4.78, 5) is 32.2. The minimum Gasteiger partial charge on any atom is -0.369 e. The Morgan fingerprint density at radius 1 is 1.26 bits per heavy atom. The van der Waals surface area contributed by atoms with Gasteiger partial charge in [0.1, 0.15) is 0 Å². The van der Waals surface area contributed by atoms with Crippen LogP contribution in [0.3, 0.4) is 0 Å². The summed E-state index contributed by atoms with van der Waals surface area (Å²) in [5, 5.41) is 1.13. The van der Waals surface area contributed by atoms with E-state index >= 15 is 0 Å². The van der Waals surface area contributed by atoms with Crippen molar-refractivity contribution in [2.24, 2.45) is 11.7 Å². The molecule has 0 saturated carbocycles. The predicted octanol–water partition coefficient (Wildman–Crippen LogP) is 1.84. The number of aromatic nitrogens is 1. The van der Waals surface area contributed by atoms with Crippen molar-refractivity contribution in [3.63, 3.8) is 0 Å². The fourth-order valence-corrected chi connectivity index (χ4v) is 4.95. The van der Waals surface area contributed by atoms with Crippen LogP contribution >= 0.6 is 15.9 Å². The van der Waals surface area contributed by atoms with Gasteiger partial charge in [0.05, 0.1) is 11.9 Å². The van der Waals surface area contributed by atoms with Crippen molar-refractivity contribution in [2.75, 3.05) is 33.2 Å². The molecule has 1 aliphatic heterocycles. The molecule has 4 rings (SSSR count). The Morgan fingerprint density at radius 3 is 2.70 bits per heavy atom. The van der Waals surface area contributed by atoms with Crippen molar-refractivity contribution in [1.29, 1.82) is 0 Å². The maximum atomic E-state index is 13.0. The molecule has 144 valence electrons. The molecule has 2 aliphatic rings. The van der Waals surface area contributed by atoms with Gasteiger partial charge in [-0.1, -0.05) is 22.0 Å². The van der Waals surface area contributed by atoms with Crippen LogP contribution in [0.2, 0.25) is 0 Å². The highest BCUT2D eigenvalue weighted by molar-refractivity contribution is 9.10. The van der Waals surface area contributed by atoms with Gasteiger partial charge in [-0.3, -0.25) is 9.59 Å². The molecule has 0 bridgehead atoms. The summed E-state index contributed by atoms with van der Waals surface area (Å²) in [7, 11) is 2.10. The number of benzene rings is 1. The van der Waals surface area contributed by atoms with E-state index in [1.165, 1.54) is 5.56 Å². The molecule has 1 unspecified atom stereocenters. The number of halogens is 1. The predicted molar refractivity (Wildman–Crippen MR) is 108 cm³/mol. The number of hydrogen-bond donors (Lipinski definition) is 2. The number of nitrogens with zero attached hydrogens (tertiary/aromatic N) is 2. The number of nitrogens with two attached hydrogens (primary N) is 1. The summed E-state index contributed by atoms with van der Waals surface area (Å²) in [5.41, 5.74) is 9.69. The minimum absolute atomic E-state index is 0.0346. The molecule has 0 radical (unpaired) electrons. The van der Waals surface area contributed by atoms with Crippen molar-refractivity contribution in [3.05, 3.63) is 33.4 Å². The standard InChI is InChI=1S/C20H25BrN4O2/c1-24-6-8-25(9-7-24)20(27)13-2-4-14-16(10-13)23-19-12(11-17(22)26)3-5-15(21)18(14)19/h3,5,13,23H,2,4,6-11H2,1H3,(H2,22,26). The van der Waals surface area contributed by atoms with Crippen LogP contribution in [0.25, 0.3) is 10.9 Å². The van der Waals surface area contributed by atoms with E-state index in [0.717, 1.165) is 72.1 Å². The molecule has 3 N–H and O–H groups in total. The van der Waals surface area contributed by atoms with Crippen LogP contribution < -0.4 is 5.73 Å². The maximum absolute atomic E-state index is 13.0. The summed E-state index contributed by atoms with van der Waals surface area (Å²) in [5.74, 6) is -0.0227. The van der Waals surface area contributed by atoms with Gasteiger partial charge in [0.15, 0.2) is 0 Å². The van der Waals surface area contributed by atoms with E-state index in [9.17, 15) is 9.59 Å². The molecular formula is C20H25BrN4O2. The van der Waals surface area contributed by atoms with Gasteiger partial charge in [-0.05, 0) is 43.5 Å². The van der Waals surface area contributed by atoms with Gasteiger partial charge >= 0.3 is 0 Å². The average Bonchev–Trinajstić information content (AvgIpc) is 3.03. The summed E-state index contributed by atoms with van der Waals surface area (Å²) in [6.45, 7) is 3.53. The number of fused-ring (bicyclic) bond motifs is 3. The number of aromatic amines is 1.